The molecule has 14 heavy (non-hydrogen) atoms. The van der Waals surface area contributed by atoms with Crippen LogP contribution < -0.4 is 0 Å². The fraction of sp³-hybridized carbons (Fsp3) is 0.250. The van der Waals surface area contributed by atoms with Crippen molar-refractivity contribution in [1.29, 1.82) is 0 Å². The van der Waals surface area contributed by atoms with E-state index in [1.165, 1.54) is 24.3 Å². The van der Waals surface area contributed by atoms with Crippen molar-refractivity contribution in [3.63, 3.8) is 0 Å². The predicted molar refractivity (Wildman–Crippen MR) is 52.8 cm³/mol. The van der Waals surface area contributed by atoms with Crippen molar-refractivity contribution in [2.45, 2.75) is 15.2 Å². The standard InChI is InChI=1S/C8H5Cl2F3S/c9-7(10)5-1-3-6(4-2-5)14-8(11,12)13/h1-4,7H. The maximum atomic E-state index is 11.9. The minimum absolute atomic E-state index is 0.121. The molecule has 0 atom stereocenters. The Balaban J connectivity index is 2.74. The van der Waals surface area contributed by atoms with Crippen LogP contribution in [-0.4, -0.2) is 5.51 Å². The molecule has 0 spiro atoms. The van der Waals surface area contributed by atoms with Gasteiger partial charge in [0, 0.05) is 4.90 Å². The molecule has 0 bridgehead atoms. The maximum Gasteiger partial charge on any atom is 0.446 e. The van der Waals surface area contributed by atoms with Gasteiger partial charge in [-0.15, -0.1) is 23.2 Å². The van der Waals surface area contributed by atoms with Crippen molar-refractivity contribution in [3.8, 4) is 0 Å². The Labute approximate surface area is 93.4 Å². The summed E-state index contributed by atoms with van der Waals surface area (Å²) in [6.45, 7) is 0. The van der Waals surface area contributed by atoms with Crippen LogP contribution in [0.5, 0.6) is 0 Å². The molecule has 1 rings (SSSR count). The van der Waals surface area contributed by atoms with Gasteiger partial charge < -0.3 is 0 Å². The van der Waals surface area contributed by atoms with Gasteiger partial charge in [0.1, 0.15) is 4.84 Å². The van der Waals surface area contributed by atoms with Crippen LogP contribution >= 0.6 is 35.0 Å². The van der Waals surface area contributed by atoms with Crippen LogP contribution in [0.2, 0.25) is 0 Å². The van der Waals surface area contributed by atoms with Gasteiger partial charge in [-0.3, -0.25) is 0 Å². The lowest BCUT2D eigenvalue weighted by atomic mass is 10.2. The van der Waals surface area contributed by atoms with Crippen LogP contribution in [0.1, 0.15) is 10.4 Å². The quantitative estimate of drug-likeness (QED) is 0.545. The third kappa shape index (κ3) is 3.98. The second-order valence-corrected chi connectivity index (χ2v) is 4.65. The van der Waals surface area contributed by atoms with Gasteiger partial charge in [0.05, 0.1) is 0 Å². The van der Waals surface area contributed by atoms with E-state index in [1.807, 2.05) is 0 Å². The molecule has 0 aliphatic rings. The molecule has 0 nitrogen and oxygen atoms in total. The van der Waals surface area contributed by atoms with Gasteiger partial charge in [-0.25, -0.2) is 0 Å². The van der Waals surface area contributed by atoms with E-state index in [0.29, 0.717) is 5.56 Å². The van der Waals surface area contributed by atoms with Crippen molar-refractivity contribution in [2.24, 2.45) is 0 Å². The first-order chi connectivity index (χ1) is 6.38. The lowest BCUT2D eigenvalue weighted by molar-refractivity contribution is -0.0328. The molecule has 0 fully saturated rings. The summed E-state index contributed by atoms with van der Waals surface area (Å²) >= 11 is 10.9. The number of thioether (sulfide) groups is 1. The van der Waals surface area contributed by atoms with Crippen LogP contribution in [-0.2, 0) is 0 Å². The van der Waals surface area contributed by atoms with Crippen LogP contribution in [0.3, 0.4) is 0 Å². The number of rotatable bonds is 2. The molecule has 0 heterocycles. The second kappa shape index (κ2) is 4.64. The minimum atomic E-state index is -4.26. The van der Waals surface area contributed by atoms with E-state index in [0.717, 1.165) is 0 Å². The molecule has 6 heteroatoms. The highest BCUT2D eigenvalue weighted by Gasteiger charge is 2.29. The van der Waals surface area contributed by atoms with Gasteiger partial charge in [0.2, 0.25) is 0 Å². The van der Waals surface area contributed by atoms with Crippen molar-refractivity contribution in [3.05, 3.63) is 29.8 Å². The van der Waals surface area contributed by atoms with E-state index >= 15 is 0 Å². The first-order valence-corrected chi connectivity index (χ1v) is 5.21. The summed E-state index contributed by atoms with van der Waals surface area (Å²) < 4.78 is 35.7. The van der Waals surface area contributed by atoms with E-state index in [9.17, 15) is 13.2 Å². The molecule has 0 unspecified atom stereocenters. The summed E-state index contributed by atoms with van der Waals surface area (Å²) in [5, 5.41) is 0. The van der Waals surface area contributed by atoms with Gasteiger partial charge >= 0.3 is 5.51 Å². The van der Waals surface area contributed by atoms with E-state index in [4.69, 9.17) is 23.2 Å². The predicted octanol–water partition coefficient (Wildman–Crippen LogP) is 4.77. The average molecular weight is 261 g/mol. The van der Waals surface area contributed by atoms with Crippen LogP contribution in [0.4, 0.5) is 13.2 Å². The summed E-state index contributed by atoms with van der Waals surface area (Å²) in [5.74, 6) is 0. The van der Waals surface area contributed by atoms with Crippen molar-refractivity contribution < 1.29 is 13.2 Å². The van der Waals surface area contributed by atoms with Gasteiger partial charge in [-0.1, -0.05) is 12.1 Å². The van der Waals surface area contributed by atoms with E-state index in [-0.39, 0.29) is 16.7 Å². The first-order valence-electron chi connectivity index (χ1n) is 3.52. The SMILES string of the molecule is FC(F)(F)Sc1ccc(C(Cl)Cl)cc1. The Kier molecular flexibility index (Phi) is 3.98. The normalized spacial score (nSPS) is 12.1. The molecule has 0 aliphatic heterocycles. The van der Waals surface area contributed by atoms with Crippen molar-refractivity contribution in [1.82, 2.24) is 0 Å². The minimum Gasteiger partial charge on any atom is -0.160 e. The maximum absolute atomic E-state index is 11.9. The lowest BCUT2D eigenvalue weighted by Crippen LogP contribution is -1.98. The van der Waals surface area contributed by atoms with Gasteiger partial charge in [-0.2, -0.15) is 13.2 Å². The molecule has 0 aromatic heterocycles. The number of halogens is 5. The molecular formula is C8H5Cl2F3S. The summed E-state index contributed by atoms with van der Waals surface area (Å²) in [6, 6.07) is 5.62. The molecule has 0 saturated carbocycles. The highest BCUT2D eigenvalue weighted by Crippen LogP contribution is 2.37. The second-order valence-electron chi connectivity index (χ2n) is 2.42. The molecular weight excluding hydrogens is 256 g/mol. The van der Waals surface area contributed by atoms with Gasteiger partial charge in [-0.05, 0) is 29.5 Å². The molecule has 0 saturated heterocycles. The Morgan fingerprint density at radius 2 is 1.57 bits per heavy atom. The number of hydrogen-bond donors (Lipinski definition) is 0. The third-order valence-corrected chi connectivity index (χ3v) is 2.61. The average Bonchev–Trinajstić information content (AvgIpc) is 2.02. The Morgan fingerprint density at radius 3 is 1.93 bits per heavy atom. The van der Waals surface area contributed by atoms with Crippen molar-refractivity contribution >= 4 is 35.0 Å². The fourth-order valence-electron chi connectivity index (χ4n) is 0.815. The zero-order chi connectivity index (χ0) is 10.8. The number of benzene rings is 1. The lowest BCUT2D eigenvalue weighted by Gasteiger charge is -2.06. The first kappa shape index (κ1) is 12.0. The number of hydrogen-bond acceptors (Lipinski definition) is 1. The van der Waals surface area contributed by atoms with Crippen molar-refractivity contribution in [2.75, 3.05) is 0 Å². The molecule has 1 aromatic rings. The summed E-state index contributed by atoms with van der Waals surface area (Å²) in [4.78, 5) is -0.588. The Bertz CT molecular complexity index is 294. The zero-order valence-corrected chi connectivity index (χ0v) is 9.01. The summed E-state index contributed by atoms with van der Waals surface area (Å²) in [5.41, 5.74) is -3.68. The van der Waals surface area contributed by atoms with Crippen LogP contribution in [0.15, 0.2) is 29.2 Å². The monoisotopic (exact) mass is 260 g/mol. The van der Waals surface area contributed by atoms with Crippen LogP contribution in [0.25, 0.3) is 0 Å². The van der Waals surface area contributed by atoms with Gasteiger partial charge in [0.25, 0.3) is 0 Å². The fourth-order valence-corrected chi connectivity index (χ4v) is 1.65. The van der Waals surface area contributed by atoms with E-state index in [2.05, 4.69) is 0 Å². The Hall–Kier alpha value is -0.0600. The third-order valence-electron chi connectivity index (χ3n) is 1.37. The smallest absolute Gasteiger partial charge is 0.160 e. The summed E-state index contributed by atoms with van der Waals surface area (Å²) in [6.07, 6.45) is 0. The molecule has 0 amide bonds. The highest BCUT2D eigenvalue weighted by atomic mass is 35.5. The molecule has 0 radical (unpaired) electrons. The van der Waals surface area contributed by atoms with E-state index < -0.39 is 10.3 Å². The molecule has 0 N–H and O–H groups in total. The largest absolute Gasteiger partial charge is 0.446 e. The highest BCUT2D eigenvalue weighted by molar-refractivity contribution is 8.00. The number of alkyl halides is 5. The molecule has 1 aromatic carbocycles. The Morgan fingerprint density at radius 1 is 1.07 bits per heavy atom. The molecule has 0 aliphatic carbocycles. The van der Waals surface area contributed by atoms with Gasteiger partial charge in [0.15, 0.2) is 0 Å². The van der Waals surface area contributed by atoms with E-state index in [1.54, 1.807) is 0 Å². The topological polar surface area (TPSA) is 0 Å². The molecule has 78 valence electrons. The van der Waals surface area contributed by atoms with Crippen LogP contribution in [0, 0.1) is 0 Å². The zero-order valence-electron chi connectivity index (χ0n) is 6.68. The summed E-state index contributed by atoms with van der Waals surface area (Å²) in [7, 11) is 0.